The van der Waals surface area contributed by atoms with E-state index in [2.05, 4.69) is 164 Å². The minimum Gasteiger partial charge on any atom is -0.509 e. The minimum absolute atomic E-state index is 0. The topological polar surface area (TPSA) is 44.9 Å². The molecule has 0 spiro atoms. The summed E-state index contributed by atoms with van der Waals surface area (Å²) in [4.78, 5) is 4.83. The van der Waals surface area contributed by atoms with E-state index in [1.807, 2.05) is 12.3 Å². The summed E-state index contributed by atoms with van der Waals surface area (Å²) in [5, 5.41) is 7.51. The van der Waals surface area contributed by atoms with Crippen molar-refractivity contribution in [2.24, 2.45) is 5.92 Å². The van der Waals surface area contributed by atoms with E-state index in [9.17, 15) is 0 Å². The molecule has 4 aromatic carbocycles. The molecule has 6 heteroatoms. The van der Waals surface area contributed by atoms with Crippen LogP contribution in [0, 0.1) is 45.7 Å². The third-order valence-corrected chi connectivity index (χ3v) is 10.4. The summed E-state index contributed by atoms with van der Waals surface area (Å²) < 4.78 is 11.1. The van der Waals surface area contributed by atoms with Gasteiger partial charge in [-0.25, -0.2) is 4.98 Å². The quantitative estimate of drug-likeness (QED) is 0.108. The molecule has 0 aliphatic rings. The maximum Gasteiger partial charge on any atom is 2.00 e. The Morgan fingerprint density at radius 3 is 2.19 bits per heavy atom. The maximum absolute atomic E-state index is 6.76. The van der Waals surface area contributed by atoms with Gasteiger partial charge < -0.3 is 9.30 Å². The zero-order chi connectivity index (χ0) is 37.8. The molecule has 3 heterocycles. The van der Waals surface area contributed by atoms with E-state index in [-0.39, 0.29) is 25.8 Å². The number of aryl methyl sites for hydroxylation is 4. The van der Waals surface area contributed by atoms with Crippen LogP contribution in [-0.4, -0.2) is 19.3 Å². The van der Waals surface area contributed by atoms with E-state index in [0.29, 0.717) is 23.3 Å². The number of para-hydroxylation sites is 1. The number of aromatic nitrogens is 4. The van der Waals surface area contributed by atoms with Gasteiger partial charge in [-0.3, -0.25) is 4.68 Å². The van der Waals surface area contributed by atoms with Gasteiger partial charge in [0, 0.05) is 34.5 Å². The fraction of sp³-hybridized carbons (Fsp3) is 0.333. The predicted molar refractivity (Wildman–Crippen MR) is 220 cm³/mol. The smallest absolute Gasteiger partial charge is 0.509 e. The van der Waals surface area contributed by atoms with E-state index < -0.39 is 0 Å². The first-order chi connectivity index (χ1) is 25.2. The second kappa shape index (κ2) is 15.3. The molecule has 0 saturated carbocycles. The first kappa shape index (κ1) is 39.2. The molecule has 0 aliphatic heterocycles. The van der Waals surface area contributed by atoms with Gasteiger partial charge in [-0.2, -0.15) is 11.2 Å². The molecule has 3 aromatic heterocycles. The number of fused-ring (bicyclic) bond motifs is 3. The zero-order valence-corrected chi connectivity index (χ0v) is 35.1. The average Bonchev–Trinajstić information content (AvgIpc) is 3.60. The number of ether oxygens (including phenoxy) is 1. The summed E-state index contributed by atoms with van der Waals surface area (Å²) in [6.07, 6.45) is 3.87. The van der Waals surface area contributed by atoms with Crippen molar-refractivity contribution in [2.75, 3.05) is 0 Å². The van der Waals surface area contributed by atoms with Crippen LogP contribution in [0.1, 0.15) is 100 Å². The van der Waals surface area contributed by atoms with Crippen molar-refractivity contribution >= 4 is 21.8 Å². The van der Waals surface area contributed by atoms with Gasteiger partial charge in [0.1, 0.15) is 5.82 Å². The normalized spacial score (nSPS) is 11.9. The first-order valence-corrected chi connectivity index (χ1v) is 19.0. The van der Waals surface area contributed by atoms with E-state index in [1.165, 1.54) is 39.1 Å². The SMILES string of the molecule is Cc1cc(C)c(-c2c(C)nn(-c3[c-]c(Oc4[c-]c5c(cc4)c4ccccc4n5-c4cc(C(C)C)ccn4)cc(C(C)(C)C)c3)c2CCC(C)C)c(C)c1.[Pd+2]. The van der Waals surface area contributed by atoms with Crippen molar-refractivity contribution in [3.63, 3.8) is 0 Å². The van der Waals surface area contributed by atoms with Crippen molar-refractivity contribution in [1.29, 1.82) is 0 Å². The minimum atomic E-state index is -0.136. The van der Waals surface area contributed by atoms with Crippen LogP contribution >= 0.6 is 0 Å². The van der Waals surface area contributed by atoms with Gasteiger partial charge in [0.2, 0.25) is 0 Å². The molecule has 0 amide bonds. The van der Waals surface area contributed by atoms with Gasteiger partial charge in [0.05, 0.1) is 5.69 Å². The average molecular weight is 807 g/mol. The van der Waals surface area contributed by atoms with Crippen molar-refractivity contribution in [3.05, 3.63) is 130 Å². The molecule has 0 unspecified atom stereocenters. The Kier molecular flexibility index (Phi) is 11.1. The third kappa shape index (κ3) is 7.57. The van der Waals surface area contributed by atoms with Crippen molar-refractivity contribution < 1.29 is 25.2 Å². The second-order valence-corrected chi connectivity index (χ2v) is 16.5. The van der Waals surface area contributed by atoms with Crippen molar-refractivity contribution in [3.8, 4) is 34.1 Å². The molecule has 7 aromatic rings. The fourth-order valence-corrected chi connectivity index (χ4v) is 7.67. The summed E-state index contributed by atoms with van der Waals surface area (Å²) in [6.45, 7) is 24.5. The van der Waals surface area contributed by atoms with Gasteiger partial charge in [-0.15, -0.1) is 41.3 Å². The Hall–Kier alpha value is -4.50. The summed E-state index contributed by atoms with van der Waals surface area (Å²) in [7, 11) is 0. The molecular weight excluding hydrogens is 755 g/mol. The molecule has 0 aliphatic carbocycles. The van der Waals surface area contributed by atoms with Crippen LogP contribution in [0.15, 0.2) is 79.0 Å². The predicted octanol–water partition coefficient (Wildman–Crippen LogP) is 12.7. The number of hydrogen-bond acceptors (Lipinski definition) is 3. The van der Waals surface area contributed by atoms with Gasteiger partial charge in [0.25, 0.3) is 0 Å². The number of benzene rings is 4. The van der Waals surface area contributed by atoms with Gasteiger partial charge >= 0.3 is 20.4 Å². The summed E-state index contributed by atoms with van der Waals surface area (Å²) in [5.74, 6) is 3.07. The number of hydrogen-bond donors (Lipinski definition) is 0. The van der Waals surface area contributed by atoms with Crippen LogP contribution in [0.2, 0.25) is 0 Å². The van der Waals surface area contributed by atoms with Crippen molar-refractivity contribution in [2.45, 2.75) is 100 Å². The van der Waals surface area contributed by atoms with Gasteiger partial charge in [-0.1, -0.05) is 89.9 Å². The molecule has 5 nitrogen and oxygen atoms in total. The Morgan fingerprint density at radius 2 is 1.50 bits per heavy atom. The van der Waals surface area contributed by atoms with E-state index in [4.69, 9.17) is 14.8 Å². The number of nitrogens with zero attached hydrogens (tertiary/aromatic N) is 4. The molecule has 7 rings (SSSR count). The number of rotatable bonds is 9. The zero-order valence-electron chi connectivity index (χ0n) is 33.6. The molecule has 0 bridgehead atoms. The maximum atomic E-state index is 6.76. The Morgan fingerprint density at radius 1 is 0.778 bits per heavy atom. The first-order valence-electron chi connectivity index (χ1n) is 19.0. The Labute approximate surface area is 335 Å². The standard InChI is InChI=1S/C48H52N4O.Pd/c1-29(2)16-19-43-47(46-32(6)22-31(5)23-33(46)7)34(8)50-52(43)37-25-36(48(9,10)11)26-39(27-37)53-38-17-18-41-40-14-12-13-15-42(40)51(44(41)28-38)45-24-35(30(3)4)20-21-49-45;/h12-15,17-18,20-26,29-30H,16,19H2,1-11H3;/q-2;+2. The molecule has 0 atom stereocenters. The second-order valence-electron chi connectivity index (χ2n) is 16.5. The summed E-state index contributed by atoms with van der Waals surface area (Å²) in [5.41, 5.74) is 13.8. The van der Waals surface area contributed by atoms with E-state index in [0.717, 1.165) is 57.4 Å². The molecule has 0 fully saturated rings. The Bertz CT molecular complexity index is 2450. The molecule has 280 valence electrons. The van der Waals surface area contributed by atoms with Gasteiger partial charge in [0.15, 0.2) is 0 Å². The molecule has 0 radical (unpaired) electrons. The Balaban J connectivity index is 0.00000497. The summed E-state index contributed by atoms with van der Waals surface area (Å²) in [6, 6.07) is 33.1. The molecule has 0 saturated heterocycles. The fourth-order valence-electron chi connectivity index (χ4n) is 7.67. The molecule has 0 N–H and O–H groups in total. The van der Waals surface area contributed by atoms with Crippen LogP contribution in [-0.2, 0) is 32.3 Å². The third-order valence-electron chi connectivity index (χ3n) is 10.4. The van der Waals surface area contributed by atoms with Crippen LogP contribution in [0.4, 0.5) is 0 Å². The van der Waals surface area contributed by atoms with Crippen LogP contribution < -0.4 is 4.74 Å². The largest absolute Gasteiger partial charge is 2.00 e. The van der Waals surface area contributed by atoms with E-state index >= 15 is 0 Å². The monoisotopic (exact) mass is 806 g/mol. The molecular formula is C48H52N4OPd. The molecule has 54 heavy (non-hydrogen) atoms. The van der Waals surface area contributed by atoms with Crippen LogP contribution in [0.3, 0.4) is 0 Å². The van der Waals surface area contributed by atoms with Crippen LogP contribution in [0.5, 0.6) is 11.5 Å². The summed E-state index contributed by atoms with van der Waals surface area (Å²) >= 11 is 0. The number of pyridine rings is 1. The van der Waals surface area contributed by atoms with Crippen LogP contribution in [0.25, 0.3) is 44.4 Å². The van der Waals surface area contributed by atoms with E-state index in [1.54, 1.807) is 0 Å². The van der Waals surface area contributed by atoms with Crippen molar-refractivity contribution in [1.82, 2.24) is 19.3 Å². The van der Waals surface area contributed by atoms with Gasteiger partial charge in [-0.05, 0) is 109 Å².